The van der Waals surface area contributed by atoms with Gasteiger partial charge in [-0.15, -0.1) is 0 Å². The summed E-state index contributed by atoms with van der Waals surface area (Å²) < 4.78 is 6.03. The lowest BCUT2D eigenvalue weighted by molar-refractivity contribution is -0.142. The molecule has 0 saturated carbocycles. The highest BCUT2D eigenvalue weighted by molar-refractivity contribution is 9.11. The van der Waals surface area contributed by atoms with Gasteiger partial charge in [-0.1, -0.05) is 0 Å². The van der Waals surface area contributed by atoms with Crippen LogP contribution in [0.4, 0.5) is 0 Å². The Morgan fingerprint density at radius 3 is 2.65 bits per heavy atom. The monoisotopic (exact) mass is 361 g/mol. The molecule has 90 valence electrons. The van der Waals surface area contributed by atoms with Crippen molar-refractivity contribution >= 4 is 43.9 Å². The third-order valence-corrected chi connectivity index (χ3v) is 2.89. The van der Waals surface area contributed by atoms with Gasteiger partial charge >= 0.3 is 5.97 Å². The number of aromatic amines is 1. The number of carbonyl (C=O) groups is 1. The maximum Gasteiger partial charge on any atom is 0.349 e. The van der Waals surface area contributed by atoms with Crippen LogP contribution in [0.15, 0.2) is 14.8 Å². The number of hydrogen-bond acceptors (Lipinski definition) is 4. The Hall–Kier alpha value is -1.13. The molecule has 5 nitrogen and oxygen atoms in total. The first-order valence-electron chi connectivity index (χ1n) is 4.67. The largest absolute Gasteiger partial charge is 0.459 e. The lowest BCUT2D eigenvalue weighted by Crippen LogP contribution is -2.12. The topological polar surface area (TPSA) is 78.8 Å². The summed E-state index contributed by atoms with van der Waals surface area (Å²) in [6.45, 7) is 3.44. The molecule has 0 fully saturated rings. The molecule has 1 aromatic rings. The van der Waals surface area contributed by atoms with E-state index in [1.165, 1.54) is 6.08 Å². The lowest BCUT2D eigenvalue weighted by atomic mass is 10.2. The number of rotatable bonds is 3. The highest BCUT2D eigenvalue weighted by Gasteiger charge is 2.15. The van der Waals surface area contributed by atoms with Crippen molar-refractivity contribution < 1.29 is 9.53 Å². The molecule has 0 amide bonds. The predicted molar refractivity (Wildman–Crippen MR) is 68.8 cm³/mol. The summed E-state index contributed by atoms with van der Waals surface area (Å²) in [6, 6.07) is 1.80. The zero-order valence-corrected chi connectivity index (χ0v) is 12.3. The van der Waals surface area contributed by atoms with Crippen molar-refractivity contribution in [2.24, 2.45) is 0 Å². The fraction of sp³-hybridized carbons (Fsp3) is 0.300. The first kappa shape index (κ1) is 13.9. The number of halogens is 2. The van der Waals surface area contributed by atoms with Gasteiger partial charge in [0.1, 0.15) is 20.8 Å². The van der Waals surface area contributed by atoms with Gasteiger partial charge in [0.15, 0.2) is 0 Å². The zero-order valence-electron chi connectivity index (χ0n) is 9.12. The molecule has 0 unspecified atom stereocenters. The Kier molecular flexibility index (Phi) is 4.90. The van der Waals surface area contributed by atoms with Gasteiger partial charge in [-0.25, -0.2) is 4.79 Å². The normalized spacial score (nSPS) is 11.4. The number of hydrogen-bond donors (Lipinski definition) is 1. The fourth-order valence-corrected chi connectivity index (χ4v) is 2.05. The summed E-state index contributed by atoms with van der Waals surface area (Å²) in [5.41, 5.74) is 0.503. The molecule has 0 saturated heterocycles. The zero-order chi connectivity index (χ0) is 13.0. The summed E-state index contributed by atoms with van der Waals surface area (Å²) in [6.07, 6.45) is 1.14. The highest BCUT2D eigenvalue weighted by Crippen LogP contribution is 2.24. The Morgan fingerprint density at radius 2 is 2.24 bits per heavy atom. The summed E-state index contributed by atoms with van der Waals surface area (Å²) in [5, 5.41) is 15.4. The summed E-state index contributed by atoms with van der Waals surface area (Å²) >= 11 is 6.42. The molecule has 0 aliphatic heterocycles. The second-order valence-corrected chi connectivity index (χ2v) is 4.91. The predicted octanol–water partition coefficient (Wildman–Crippen LogP) is 2.79. The molecular formula is C10H9Br2N3O2. The smallest absolute Gasteiger partial charge is 0.349 e. The average molecular weight is 363 g/mol. The van der Waals surface area contributed by atoms with Crippen LogP contribution in [-0.4, -0.2) is 22.3 Å². The molecule has 0 aliphatic rings. The number of nitrogens with zero attached hydrogens (tertiary/aromatic N) is 2. The van der Waals surface area contributed by atoms with E-state index in [0.717, 1.165) is 0 Å². The van der Waals surface area contributed by atoms with Gasteiger partial charge in [0.25, 0.3) is 0 Å². The minimum Gasteiger partial charge on any atom is -0.459 e. The minimum absolute atomic E-state index is 0.0819. The SMILES string of the molecule is CC(C)OC(=O)C(C#N)=Cc1c(Br)n[nH]c1Br. The average Bonchev–Trinajstić information content (AvgIpc) is 2.55. The molecule has 7 heteroatoms. The number of nitriles is 1. The molecule has 0 bridgehead atoms. The quantitative estimate of drug-likeness (QED) is 0.509. The van der Waals surface area contributed by atoms with Gasteiger partial charge < -0.3 is 4.74 Å². The number of esters is 1. The second-order valence-electron chi connectivity index (χ2n) is 3.37. The molecular weight excluding hydrogens is 354 g/mol. The fourth-order valence-electron chi connectivity index (χ4n) is 0.991. The van der Waals surface area contributed by atoms with Crippen molar-refractivity contribution in [1.29, 1.82) is 5.26 Å². The van der Waals surface area contributed by atoms with E-state index in [9.17, 15) is 4.79 Å². The van der Waals surface area contributed by atoms with Gasteiger partial charge in [0, 0.05) is 5.56 Å². The summed E-state index contributed by atoms with van der Waals surface area (Å²) in [5.74, 6) is -0.650. The highest BCUT2D eigenvalue weighted by atomic mass is 79.9. The van der Waals surface area contributed by atoms with E-state index >= 15 is 0 Å². The van der Waals surface area contributed by atoms with Crippen LogP contribution in [0.25, 0.3) is 6.08 Å². The molecule has 0 spiro atoms. The maximum atomic E-state index is 11.6. The van der Waals surface area contributed by atoms with E-state index in [1.807, 2.05) is 0 Å². The number of H-pyrrole nitrogens is 1. The van der Waals surface area contributed by atoms with Crippen molar-refractivity contribution in [3.05, 3.63) is 20.3 Å². The third kappa shape index (κ3) is 3.68. The van der Waals surface area contributed by atoms with Crippen molar-refractivity contribution in [3.8, 4) is 6.07 Å². The van der Waals surface area contributed by atoms with Crippen LogP contribution in [0.3, 0.4) is 0 Å². The maximum absolute atomic E-state index is 11.6. The molecule has 17 heavy (non-hydrogen) atoms. The number of aromatic nitrogens is 2. The van der Waals surface area contributed by atoms with Crippen LogP contribution in [0.5, 0.6) is 0 Å². The Morgan fingerprint density at radius 1 is 1.59 bits per heavy atom. The first-order chi connectivity index (χ1) is 7.95. The minimum atomic E-state index is -0.650. The van der Waals surface area contributed by atoms with E-state index < -0.39 is 5.97 Å². The molecule has 0 radical (unpaired) electrons. The number of nitrogens with one attached hydrogen (secondary N) is 1. The van der Waals surface area contributed by atoms with Crippen molar-refractivity contribution in [3.63, 3.8) is 0 Å². The van der Waals surface area contributed by atoms with Crippen molar-refractivity contribution in [2.75, 3.05) is 0 Å². The third-order valence-electron chi connectivity index (χ3n) is 1.68. The molecule has 1 rings (SSSR count). The van der Waals surface area contributed by atoms with E-state index in [2.05, 4.69) is 42.1 Å². The van der Waals surface area contributed by atoms with Crippen LogP contribution >= 0.6 is 31.9 Å². The van der Waals surface area contributed by atoms with Gasteiger partial charge in [0.05, 0.1) is 6.10 Å². The Balaban J connectivity index is 3.04. The molecule has 0 aromatic carbocycles. The van der Waals surface area contributed by atoms with Crippen LogP contribution in [0, 0.1) is 11.3 Å². The Labute approximate surface area is 115 Å². The Bertz CT molecular complexity index is 481. The standard InChI is InChI=1S/C10H9Br2N3O2/c1-5(2)17-10(16)6(4-13)3-7-8(11)14-15-9(7)12/h3,5H,1-2H3,(H,14,15). The van der Waals surface area contributed by atoms with Gasteiger partial charge in [0.2, 0.25) is 0 Å². The number of ether oxygens (including phenoxy) is 1. The van der Waals surface area contributed by atoms with Gasteiger partial charge in [-0.3, -0.25) is 5.10 Å². The van der Waals surface area contributed by atoms with E-state index in [4.69, 9.17) is 10.00 Å². The molecule has 0 aliphatic carbocycles. The van der Waals surface area contributed by atoms with Crippen LogP contribution in [0.1, 0.15) is 19.4 Å². The summed E-state index contributed by atoms with van der Waals surface area (Å²) in [7, 11) is 0. The number of carbonyl (C=O) groups excluding carboxylic acids is 1. The van der Waals surface area contributed by atoms with Crippen LogP contribution in [0.2, 0.25) is 0 Å². The van der Waals surface area contributed by atoms with Crippen LogP contribution in [-0.2, 0) is 9.53 Å². The summed E-state index contributed by atoms with van der Waals surface area (Å²) in [4.78, 5) is 11.6. The van der Waals surface area contributed by atoms with Crippen molar-refractivity contribution in [1.82, 2.24) is 10.2 Å². The van der Waals surface area contributed by atoms with E-state index in [1.54, 1.807) is 19.9 Å². The van der Waals surface area contributed by atoms with Gasteiger partial charge in [-0.05, 0) is 51.8 Å². The molecule has 1 heterocycles. The lowest BCUT2D eigenvalue weighted by Gasteiger charge is -2.06. The molecule has 1 aromatic heterocycles. The van der Waals surface area contributed by atoms with E-state index in [0.29, 0.717) is 14.8 Å². The molecule has 1 N–H and O–H groups in total. The first-order valence-corrected chi connectivity index (χ1v) is 6.26. The van der Waals surface area contributed by atoms with Gasteiger partial charge in [-0.2, -0.15) is 10.4 Å². The van der Waals surface area contributed by atoms with Crippen molar-refractivity contribution in [2.45, 2.75) is 20.0 Å². The molecule has 0 atom stereocenters. The van der Waals surface area contributed by atoms with E-state index in [-0.39, 0.29) is 11.7 Å². The second kappa shape index (κ2) is 5.98. The van der Waals surface area contributed by atoms with Crippen LogP contribution < -0.4 is 0 Å².